The van der Waals surface area contributed by atoms with Crippen LogP contribution in [0.4, 0.5) is 13.2 Å². The Hall–Kier alpha value is -0.390. The lowest BCUT2D eigenvalue weighted by Gasteiger charge is -2.38. The molecule has 2 nitrogen and oxygen atoms in total. The Morgan fingerprint density at radius 2 is 1.94 bits per heavy atom. The number of halogens is 3. The molecule has 0 atom stereocenters. The zero-order valence-corrected chi connectivity index (χ0v) is 11.2. The van der Waals surface area contributed by atoms with Crippen molar-refractivity contribution >= 4 is 16.9 Å². The van der Waals surface area contributed by atoms with Crippen molar-refractivity contribution in [3.05, 3.63) is 0 Å². The highest BCUT2D eigenvalue weighted by atomic mass is 32.2. The van der Waals surface area contributed by atoms with Gasteiger partial charge in [0, 0.05) is 18.8 Å². The van der Waals surface area contributed by atoms with E-state index in [0.717, 1.165) is 12.3 Å². The standard InChI is InChI=1S/C12H19F3N2S/c13-12(14,15)6-7-16-10-17-8-11(9-18-10)4-2-1-3-5-11/h1-9H2,(H,16,17). The van der Waals surface area contributed by atoms with Crippen LogP contribution in [-0.2, 0) is 0 Å². The van der Waals surface area contributed by atoms with E-state index < -0.39 is 12.6 Å². The van der Waals surface area contributed by atoms with Gasteiger partial charge < -0.3 is 5.32 Å². The zero-order valence-electron chi connectivity index (χ0n) is 10.4. The molecule has 1 aliphatic heterocycles. The molecular weight excluding hydrogens is 261 g/mol. The Labute approximate surface area is 110 Å². The highest BCUT2D eigenvalue weighted by Gasteiger charge is 2.35. The van der Waals surface area contributed by atoms with Crippen LogP contribution < -0.4 is 5.32 Å². The molecule has 2 aliphatic rings. The summed E-state index contributed by atoms with van der Waals surface area (Å²) in [4.78, 5) is 4.43. The molecule has 0 amide bonds. The van der Waals surface area contributed by atoms with E-state index in [9.17, 15) is 13.2 Å². The number of hydrogen-bond acceptors (Lipinski definition) is 3. The van der Waals surface area contributed by atoms with Crippen LogP contribution in [0.3, 0.4) is 0 Å². The number of thioether (sulfide) groups is 1. The van der Waals surface area contributed by atoms with E-state index in [2.05, 4.69) is 10.3 Å². The van der Waals surface area contributed by atoms with Gasteiger partial charge in [-0.15, -0.1) is 0 Å². The lowest BCUT2D eigenvalue weighted by molar-refractivity contribution is -0.132. The number of aliphatic imine (C=N–C) groups is 1. The molecule has 0 radical (unpaired) electrons. The van der Waals surface area contributed by atoms with E-state index in [4.69, 9.17) is 0 Å². The normalized spacial score (nSPS) is 23.8. The summed E-state index contributed by atoms with van der Waals surface area (Å²) >= 11 is 1.59. The number of amidine groups is 1. The van der Waals surface area contributed by atoms with Gasteiger partial charge in [0.05, 0.1) is 6.42 Å². The van der Waals surface area contributed by atoms with Crippen LogP contribution in [0.2, 0.25) is 0 Å². The molecule has 0 aromatic carbocycles. The third-order valence-corrected chi connectivity index (χ3v) is 4.98. The lowest BCUT2D eigenvalue weighted by atomic mass is 9.75. The second kappa shape index (κ2) is 5.72. The lowest BCUT2D eigenvalue weighted by Crippen LogP contribution is -2.37. The molecule has 1 spiro atoms. The van der Waals surface area contributed by atoms with Crippen LogP contribution in [0.5, 0.6) is 0 Å². The average molecular weight is 280 g/mol. The van der Waals surface area contributed by atoms with Crippen molar-refractivity contribution in [3.63, 3.8) is 0 Å². The monoisotopic (exact) mass is 280 g/mol. The molecule has 0 unspecified atom stereocenters. The Morgan fingerprint density at radius 3 is 2.50 bits per heavy atom. The van der Waals surface area contributed by atoms with Gasteiger partial charge in [-0.05, 0) is 18.3 Å². The average Bonchev–Trinajstić information content (AvgIpc) is 2.32. The summed E-state index contributed by atoms with van der Waals surface area (Å²) in [5.74, 6) is 1.00. The molecule has 1 heterocycles. The fourth-order valence-corrected chi connectivity index (χ4v) is 3.76. The molecule has 1 fully saturated rings. The highest BCUT2D eigenvalue weighted by Crippen LogP contribution is 2.41. The Morgan fingerprint density at radius 1 is 1.22 bits per heavy atom. The quantitative estimate of drug-likeness (QED) is 0.836. The van der Waals surface area contributed by atoms with E-state index in [0.29, 0.717) is 10.6 Å². The van der Waals surface area contributed by atoms with Gasteiger partial charge in [-0.25, -0.2) is 0 Å². The molecular formula is C12H19F3N2S. The van der Waals surface area contributed by atoms with Crippen molar-refractivity contribution in [2.45, 2.75) is 44.7 Å². The first-order valence-electron chi connectivity index (χ1n) is 6.47. The molecule has 1 aliphatic carbocycles. The van der Waals surface area contributed by atoms with E-state index in [1.54, 1.807) is 11.8 Å². The Balaban J connectivity index is 1.76. The van der Waals surface area contributed by atoms with Crippen molar-refractivity contribution in [1.82, 2.24) is 5.32 Å². The minimum Gasteiger partial charge on any atom is -0.365 e. The second-order valence-corrected chi connectivity index (χ2v) is 6.23. The third kappa shape index (κ3) is 4.07. The van der Waals surface area contributed by atoms with E-state index in [1.807, 2.05) is 0 Å². The minimum atomic E-state index is -4.09. The maximum atomic E-state index is 12.0. The van der Waals surface area contributed by atoms with Crippen molar-refractivity contribution < 1.29 is 13.2 Å². The maximum absolute atomic E-state index is 12.0. The third-order valence-electron chi connectivity index (χ3n) is 3.67. The molecule has 1 N–H and O–H groups in total. The SMILES string of the molecule is FC(F)(F)CCNC1=NCC2(CCCCC2)CS1. The molecule has 18 heavy (non-hydrogen) atoms. The zero-order chi connectivity index (χ0) is 13.1. The Kier molecular flexibility index (Phi) is 4.45. The molecule has 0 aromatic rings. The van der Waals surface area contributed by atoms with Gasteiger partial charge in [-0.1, -0.05) is 31.0 Å². The van der Waals surface area contributed by atoms with Gasteiger partial charge in [0.25, 0.3) is 0 Å². The summed E-state index contributed by atoms with van der Waals surface area (Å²) in [6.07, 6.45) is 1.42. The van der Waals surface area contributed by atoms with Gasteiger partial charge in [-0.3, -0.25) is 4.99 Å². The maximum Gasteiger partial charge on any atom is 0.390 e. The molecule has 0 aromatic heterocycles. The molecule has 6 heteroatoms. The summed E-state index contributed by atoms with van der Waals surface area (Å²) in [5.41, 5.74) is 0.331. The molecule has 0 bridgehead atoms. The van der Waals surface area contributed by atoms with Gasteiger partial charge in [0.2, 0.25) is 0 Å². The van der Waals surface area contributed by atoms with E-state index >= 15 is 0 Å². The van der Waals surface area contributed by atoms with Gasteiger partial charge in [0.1, 0.15) is 0 Å². The Bertz CT molecular complexity index is 309. The first-order valence-corrected chi connectivity index (χ1v) is 7.46. The molecule has 1 saturated carbocycles. The van der Waals surface area contributed by atoms with Crippen LogP contribution in [0, 0.1) is 5.41 Å². The first kappa shape index (κ1) is 14.0. The summed E-state index contributed by atoms with van der Waals surface area (Å²) < 4.78 is 36.0. The van der Waals surface area contributed by atoms with Crippen LogP contribution in [0.25, 0.3) is 0 Å². The van der Waals surface area contributed by atoms with Crippen LogP contribution in [0.1, 0.15) is 38.5 Å². The number of nitrogens with one attached hydrogen (secondary N) is 1. The largest absolute Gasteiger partial charge is 0.390 e. The van der Waals surface area contributed by atoms with Crippen molar-refractivity contribution in [3.8, 4) is 0 Å². The molecule has 0 saturated heterocycles. The number of nitrogens with zero attached hydrogens (tertiary/aromatic N) is 1. The van der Waals surface area contributed by atoms with Crippen LogP contribution >= 0.6 is 11.8 Å². The van der Waals surface area contributed by atoms with Crippen molar-refractivity contribution in [1.29, 1.82) is 0 Å². The van der Waals surface area contributed by atoms with Crippen LogP contribution in [0.15, 0.2) is 4.99 Å². The fraction of sp³-hybridized carbons (Fsp3) is 0.917. The number of rotatable bonds is 2. The van der Waals surface area contributed by atoms with Crippen molar-refractivity contribution in [2.24, 2.45) is 10.4 Å². The molecule has 104 valence electrons. The smallest absolute Gasteiger partial charge is 0.365 e. The number of hydrogen-bond donors (Lipinski definition) is 1. The first-order chi connectivity index (χ1) is 8.49. The van der Waals surface area contributed by atoms with Crippen molar-refractivity contribution in [2.75, 3.05) is 18.8 Å². The van der Waals surface area contributed by atoms with Crippen LogP contribution in [-0.4, -0.2) is 30.2 Å². The highest BCUT2D eigenvalue weighted by molar-refractivity contribution is 8.13. The van der Waals surface area contributed by atoms with Gasteiger partial charge >= 0.3 is 6.18 Å². The summed E-state index contributed by atoms with van der Waals surface area (Å²) in [7, 11) is 0. The predicted molar refractivity (Wildman–Crippen MR) is 69.0 cm³/mol. The molecule has 2 rings (SSSR count). The second-order valence-electron chi connectivity index (χ2n) is 5.26. The summed E-state index contributed by atoms with van der Waals surface area (Å²) in [6, 6.07) is 0. The summed E-state index contributed by atoms with van der Waals surface area (Å²) in [5, 5.41) is 3.48. The fourth-order valence-electron chi connectivity index (χ4n) is 2.57. The van der Waals surface area contributed by atoms with E-state index in [1.165, 1.54) is 32.1 Å². The summed E-state index contributed by atoms with van der Waals surface area (Å²) in [6.45, 7) is 0.719. The minimum absolute atomic E-state index is 0.0671. The van der Waals surface area contributed by atoms with Gasteiger partial charge in [0.15, 0.2) is 5.17 Å². The number of alkyl halides is 3. The van der Waals surface area contributed by atoms with Gasteiger partial charge in [-0.2, -0.15) is 13.2 Å². The van der Waals surface area contributed by atoms with E-state index in [-0.39, 0.29) is 6.54 Å². The predicted octanol–water partition coefficient (Wildman–Crippen LogP) is 3.58. The topological polar surface area (TPSA) is 24.4 Å².